The van der Waals surface area contributed by atoms with Gasteiger partial charge in [-0.1, -0.05) is 6.07 Å². The van der Waals surface area contributed by atoms with Crippen LogP contribution in [0.25, 0.3) is 10.9 Å². The van der Waals surface area contributed by atoms with E-state index in [1.165, 1.54) is 11.9 Å². The lowest BCUT2D eigenvalue weighted by Crippen LogP contribution is -2.34. The molecule has 1 saturated carbocycles. The summed E-state index contributed by atoms with van der Waals surface area (Å²) >= 11 is 0. The van der Waals surface area contributed by atoms with E-state index in [0.717, 1.165) is 43.0 Å². The zero-order valence-corrected chi connectivity index (χ0v) is 14.7. The molecule has 3 unspecified atom stereocenters. The number of aromatic nitrogens is 2. The van der Waals surface area contributed by atoms with Gasteiger partial charge < -0.3 is 14.2 Å². The van der Waals surface area contributed by atoms with Crippen LogP contribution in [0.15, 0.2) is 24.5 Å². The van der Waals surface area contributed by atoms with Crippen molar-refractivity contribution in [1.82, 2.24) is 9.97 Å². The van der Waals surface area contributed by atoms with Crippen molar-refractivity contribution in [2.24, 2.45) is 5.92 Å². The van der Waals surface area contributed by atoms with E-state index in [1.54, 1.807) is 7.11 Å². The van der Waals surface area contributed by atoms with Gasteiger partial charge in [0.2, 0.25) is 5.88 Å². The van der Waals surface area contributed by atoms with Gasteiger partial charge in [0.25, 0.3) is 0 Å². The Kier molecular flexibility index (Phi) is 5.63. The number of fused-ring (bicyclic) bond motifs is 1. The van der Waals surface area contributed by atoms with Crippen molar-refractivity contribution < 1.29 is 14.2 Å². The molecule has 1 aliphatic carbocycles. The highest BCUT2D eigenvalue weighted by Crippen LogP contribution is 2.32. The summed E-state index contributed by atoms with van der Waals surface area (Å²) in [7, 11) is 5.28. The van der Waals surface area contributed by atoms with E-state index >= 15 is 0 Å². The molecule has 24 heavy (non-hydrogen) atoms. The smallest absolute Gasteiger partial charge is 0.224 e. The molecule has 5 nitrogen and oxygen atoms in total. The van der Waals surface area contributed by atoms with Gasteiger partial charge >= 0.3 is 0 Å². The van der Waals surface area contributed by atoms with E-state index < -0.39 is 0 Å². The number of methoxy groups -OCH3 is 3. The second kappa shape index (κ2) is 7.90. The molecule has 0 aliphatic heterocycles. The SMILES string of the molecule is COc1ncnc2ccc(CCC3CC(OC)CCC3OC)cc12. The van der Waals surface area contributed by atoms with Gasteiger partial charge in [-0.3, -0.25) is 0 Å². The van der Waals surface area contributed by atoms with Gasteiger partial charge in [-0.15, -0.1) is 0 Å². The average Bonchev–Trinajstić information content (AvgIpc) is 2.65. The largest absolute Gasteiger partial charge is 0.480 e. The van der Waals surface area contributed by atoms with E-state index in [9.17, 15) is 0 Å². The summed E-state index contributed by atoms with van der Waals surface area (Å²) in [5.41, 5.74) is 2.20. The van der Waals surface area contributed by atoms with Crippen LogP contribution < -0.4 is 4.74 Å². The van der Waals surface area contributed by atoms with Crippen LogP contribution >= 0.6 is 0 Å². The molecule has 3 rings (SSSR count). The van der Waals surface area contributed by atoms with Crippen molar-refractivity contribution in [2.75, 3.05) is 21.3 Å². The predicted molar refractivity (Wildman–Crippen MR) is 93.3 cm³/mol. The Hall–Kier alpha value is -1.72. The van der Waals surface area contributed by atoms with Gasteiger partial charge in [-0.25, -0.2) is 9.97 Å². The molecule has 0 amide bonds. The molecule has 130 valence electrons. The molecule has 1 aliphatic rings. The van der Waals surface area contributed by atoms with Crippen LogP contribution in [0.2, 0.25) is 0 Å². The predicted octanol–water partition coefficient (Wildman–Crippen LogP) is 3.40. The van der Waals surface area contributed by atoms with Crippen LogP contribution in [0.5, 0.6) is 5.88 Å². The van der Waals surface area contributed by atoms with Gasteiger partial charge in [-0.05, 0) is 55.7 Å². The van der Waals surface area contributed by atoms with E-state index in [1.807, 2.05) is 20.3 Å². The lowest BCUT2D eigenvalue weighted by atomic mass is 9.81. The summed E-state index contributed by atoms with van der Waals surface area (Å²) in [6.45, 7) is 0. The number of benzene rings is 1. The van der Waals surface area contributed by atoms with E-state index in [-0.39, 0.29) is 0 Å². The van der Waals surface area contributed by atoms with Gasteiger partial charge in [0, 0.05) is 14.2 Å². The third kappa shape index (κ3) is 3.68. The fraction of sp³-hybridized carbons (Fsp3) is 0.579. The molecule has 0 radical (unpaired) electrons. The van der Waals surface area contributed by atoms with Gasteiger partial charge in [0.1, 0.15) is 6.33 Å². The maximum absolute atomic E-state index is 5.70. The minimum Gasteiger partial charge on any atom is -0.480 e. The van der Waals surface area contributed by atoms with Crippen LogP contribution in [0.4, 0.5) is 0 Å². The van der Waals surface area contributed by atoms with E-state index in [0.29, 0.717) is 24.0 Å². The first-order chi connectivity index (χ1) is 11.7. The number of ether oxygens (including phenoxy) is 3. The molecule has 1 heterocycles. The Labute approximate surface area is 143 Å². The minimum absolute atomic E-state index is 0.342. The van der Waals surface area contributed by atoms with Crippen molar-refractivity contribution in [3.05, 3.63) is 30.1 Å². The molecule has 0 spiro atoms. The molecule has 3 atom stereocenters. The average molecular weight is 330 g/mol. The zero-order valence-electron chi connectivity index (χ0n) is 14.7. The van der Waals surface area contributed by atoms with Crippen molar-refractivity contribution >= 4 is 10.9 Å². The summed E-state index contributed by atoms with van der Waals surface area (Å²) in [5, 5.41) is 0.971. The van der Waals surface area contributed by atoms with Crippen LogP contribution in [0.3, 0.4) is 0 Å². The molecule has 0 N–H and O–H groups in total. The number of rotatable bonds is 6. The fourth-order valence-electron chi connectivity index (χ4n) is 3.77. The van der Waals surface area contributed by atoms with Gasteiger partial charge in [-0.2, -0.15) is 0 Å². The zero-order chi connectivity index (χ0) is 16.9. The second-order valence-electron chi connectivity index (χ2n) is 6.48. The Morgan fingerprint density at radius 1 is 1.08 bits per heavy atom. The summed E-state index contributed by atoms with van der Waals surface area (Å²) in [4.78, 5) is 8.49. The topological polar surface area (TPSA) is 53.5 Å². The first-order valence-corrected chi connectivity index (χ1v) is 8.58. The van der Waals surface area contributed by atoms with Crippen molar-refractivity contribution in [3.63, 3.8) is 0 Å². The minimum atomic E-state index is 0.342. The summed E-state index contributed by atoms with van der Waals surface area (Å²) in [6, 6.07) is 6.33. The summed E-state index contributed by atoms with van der Waals surface area (Å²) in [6.07, 6.45) is 7.61. The molecular weight excluding hydrogens is 304 g/mol. The summed E-state index contributed by atoms with van der Waals surface area (Å²) < 4.78 is 16.6. The maximum atomic E-state index is 5.70. The lowest BCUT2D eigenvalue weighted by molar-refractivity contribution is -0.0363. The first-order valence-electron chi connectivity index (χ1n) is 8.58. The highest BCUT2D eigenvalue weighted by atomic mass is 16.5. The van der Waals surface area contributed by atoms with Gasteiger partial charge in [0.15, 0.2) is 0 Å². The Balaban J connectivity index is 1.72. The standard InChI is InChI=1S/C19H26N2O3/c1-22-15-7-9-18(23-2)14(11-15)6-4-13-5-8-17-16(10-13)19(24-3)21-12-20-17/h5,8,10,12,14-15,18H,4,6-7,9,11H2,1-3H3. The number of aryl methyl sites for hydroxylation is 1. The third-order valence-electron chi connectivity index (χ3n) is 5.16. The lowest BCUT2D eigenvalue weighted by Gasteiger charge is -2.34. The normalized spacial score (nSPS) is 24.2. The maximum Gasteiger partial charge on any atom is 0.224 e. The number of hydrogen-bond acceptors (Lipinski definition) is 5. The third-order valence-corrected chi connectivity index (χ3v) is 5.16. The Morgan fingerprint density at radius 2 is 1.96 bits per heavy atom. The molecular formula is C19H26N2O3. The van der Waals surface area contributed by atoms with Crippen LogP contribution in [-0.2, 0) is 15.9 Å². The van der Waals surface area contributed by atoms with Crippen molar-refractivity contribution in [1.29, 1.82) is 0 Å². The van der Waals surface area contributed by atoms with Crippen LogP contribution in [-0.4, -0.2) is 43.5 Å². The van der Waals surface area contributed by atoms with Crippen LogP contribution in [0.1, 0.15) is 31.2 Å². The van der Waals surface area contributed by atoms with Gasteiger partial charge in [0.05, 0.1) is 30.2 Å². The first kappa shape index (κ1) is 17.1. The van der Waals surface area contributed by atoms with Crippen molar-refractivity contribution in [3.8, 4) is 5.88 Å². The molecule has 2 aromatic rings. The molecule has 0 saturated heterocycles. The highest BCUT2D eigenvalue weighted by Gasteiger charge is 2.30. The molecule has 1 aromatic carbocycles. The summed E-state index contributed by atoms with van der Waals surface area (Å²) in [5.74, 6) is 1.17. The highest BCUT2D eigenvalue weighted by molar-refractivity contribution is 5.83. The number of hydrogen-bond donors (Lipinski definition) is 0. The molecule has 1 aromatic heterocycles. The quantitative estimate of drug-likeness (QED) is 0.812. The monoisotopic (exact) mass is 330 g/mol. The van der Waals surface area contributed by atoms with E-state index in [2.05, 4.69) is 22.1 Å². The van der Waals surface area contributed by atoms with Crippen LogP contribution in [0, 0.1) is 5.92 Å². The van der Waals surface area contributed by atoms with E-state index in [4.69, 9.17) is 14.2 Å². The second-order valence-corrected chi connectivity index (χ2v) is 6.48. The molecule has 0 bridgehead atoms. The molecule has 5 heteroatoms. The van der Waals surface area contributed by atoms with Crippen molar-refractivity contribution in [2.45, 2.75) is 44.3 Å². The molecule has 1 fully saturated rings. The number of nitrogens with zero attached hydrogens (tertiary/aromatic N) is 2. The fourth-order valence-corrected chi connectivity index (χ4v) is 3.77. The Morgan fingerprint density at radius 3 is 2.71 bits per heavy atom. The Bertz CT molecular complexity index is 677.